The first kappa shape index (κ1) is 12.2. The molecule has 0 spiro atoms. The monoisotopic (exact) mass is 213 g/mol. The van der Waals surface area contributed by atoms with Crippen LogP contribution in [-0.2, 0) is 9.53 Å². The number of likely N-dealkylation sites (tertiary alicyclic amines) is 1. The van der Waals surface area contributed by atoms with Gasteiger partial charge in [0.2, 0.25) is 0 Å². The zero-order valence-corrected chi connectivity index (χ0v) is 9.40. The molecule has 1 fully saturated rings. The van der Waals surface area contributed by atoms with Crippen molar-refractivity contribution in [2.75, 3.05) is 20.7 Å². The zero-order chi connectivity index (χ0) is 11.5. The number of methoxy groups -OCH3 is 1. The van der Waals surface area contributed by atoms with Crippen LogP contribution in [0, 0.1) is 0 Å². The van der Waals surface area contributed by atoms with E-state index >= 15 is 0 Å². The smallest absolute Gasteiger partial charge is 0.323 e. The van der Waals surface area contributed by atoms with Crippen LogP contribution < -0.4 is 0 Å². The lowest BCUT2D eigenvalue weighted by Gasteiger charge is -2.20. The number of hydrogen-bond acceptors (Lipinski definition) is 4. The first-order valence-corrected chi connectivity index (χ1v) is 5.14. The summed E-state index contributed by atoms with van der Waals surface area (Å²) in [5.74, 6) is -0.271. The standard InChI is InChI=1S/C11H19NO3/c1-4-5-6-11(14)7-9(10(13)15-3)12(2)8-11/h4,9,14H,1,5-8H2,2-3H3. The van der Waals surface area contributed by atoms with Crippen molar-refractivity contribution in [2.24, 2.45) is 0 Å². The fourth-order valence-electron chi connectivity index (χ4n) is 2.11. The van der Waals surface area contributed by atoms with E-state index in [1.54, 1.807) is 6.08 Å². The topological polar surface area (TPSA) is 49.8 Å². The molecular weight excluding hydrogens is 194 g/mol. The van der Waals surface area contributed by atoms with Gasteiger partial charge in [0.1, 0.15) is 6.04 Å². The maximum Gasteiger partial charge on any atom is 0.323 e. The number of β-amino-alcohol motifs (C(OH)–C–C–N with tert-alkyl or cyclic N) is 1. The molecule has 2 unspecified atom stereocenters. The highest BCUT2D eigenvalue weighted by Crippen LogP contribution is 2.30. The van der Waals surface area contributed by atoms with E-state index in [2.05, 4.69) is 6.58 Å². The molecule has 0 aliphatic carbocycles. The lowest BCUT2D eigenvalue weighted by molar-refractivity contribution is -0.145. The number of rotatable bonds is 4. The van der Waals surface area contributed by atoms with E-state index in [1.807, 2.05) is 11.9 Å². The van der Waals surface area contributed by atoms with Gasteiger partial charge in [-0.1, -0.05) is 6.08 Å². The van der Waals surface area contributed by atoms with Crippen LogP contribution in [0.15, 0.2) is 12.7 Å². The Morgan fingerprint density at radius 1 is 1.80 bits per heavy atom. The van der Waals surface area contributed by atoms with Crippen molar-refractivity contribution in [3.8, 4) is 0 Å². The van der Waals surface area contributed by atoms with Gasteiger partial charge in [0.25, 0.3) is 0 Å². The quantitative estimate of drug-likeness (QED) is 0.547. The van der Waals surface area contributed by atoms with Crippen molar-refractivity contribution < 1.29 is 14.6 Å². The summed E-state index contributed by atoms with van der Waals surface area (Å²) < 4.78 is 4.69. The Morgan fingerprint density at radius 3 is 3.00 bits per heavy atom. The Labute approximate surface area is 90.5 Å². The van der Waals surface area contributed by atoms with E-state index in [9.17, 15) is 9.90 Å². The molecule has 0 amide bonds. The van der Waals surface area contributed by atoms with Crippen LogP contribution in [0.1, 0.15) is 19.3 Å². The van der Waals surface area contributed by atoms with E-state index in [0.717, 1.165) is 6.42 Å². The number of ether oxygens (including phenoxy) is 1. The molecule has 0 bridgehead atoms. The highest BCUT2D eigenvalue weighted by molar-refractivity contribution is 5.76. The SMILES string of the molecule is C=CCCC1(O)CC(C(=O)OC)N(C)C1. The minimum absolute atomic E-state index is 0.271. The van der Waals surface area contributed by atoms with E-state index in [1.165, 1.54) is 7.11 Å². The van der Waals surface area contributed by atoms with Crippen LogP contribution in [0.5, 0.6) is 0 Å². The minimum Gasteiger partial charge on any atom is -0.468 e. The average Bonchev–Trinajstić information content (AvgIpc) is 2.51. The van der Waals surface area contributed by atoms with Crippen molar-refractivity contribution in [2.45, 2.75) is 30.9 Å². The number of esters is 1. The van der Waals surface area contributed by atoms with Gasteiger partial charge in [-0.05, 0) is 19.9 Å². The first-order chi connectivity index (χ1) is 7.02. The van der Waals surface area contributed by atoms with Crippen molar-refractivity contribution in [1.29, 1.82) is 0 Å². The van der Waals surface area contributed by atoms with E-state index < -0.39 is 5.60 Å². The Balaban J connectivity index is 2.60. The fourth-order valence-corrected chi connectivity index (χ4v) is 2.11. The Morgan fingerprint density at radius 2 is 2.47 bits per heavy atom. The number of likely N-dealkylation sites (N-methyl/N-ethyl adjacent to an activating group) is 1. The van der Waals surface area contributed by atoms with Gasteiger partial charge >= 0.3 is 5.97 Å². The van der Waals surface area contributed by atoms with Crippen LogP contribution in [0.2, 0.25) is 0 Å². The Bertz CT molecular complexity index is 254. The summed E-state index contributed by atoms with van der Waals surface area (Å²) in [6, 6.07) is -0.315. The van der Waals surface area contributed by atoms with Crippen molar-refractivity contribution in [3.05, 3.63) is 12.7 Å². The van der Waals surface area contributed by atoms with Gasteiger partial charge in [0.15, 0.2) is 0 Å². The normalized spacial score (nSPS) is 31.5. The number of allylic oxidation sites excluding steroid dienone is 1. The molecule has 4 heteroatoms. The maximum atomic E-state index is 11.4. The van der Waals surface area contributed by atoms with Gasteiger partial charge in [-0.15, -0.1) is 6.58 Å². The summed E-state index contributed by atoms with van der Waals surface area (Å²) in [5, 5.41) is 10.2. The van der Waals surface area contributed by atoms with Gasteiger partial charge in [-0.2, -0.15) is 0 Å². The molecule has 0 saturated carbocycles. The molecule has 1 heterocycles. The molecule has 1 N–H and O–H groups in total. The third-order valence-electron chi connectivity index (χ3n) is 2.94. The lowest BCUT2D eigenvalue weighted by Crippen LogP contribution is -2.33. The second kappa shape index (κ2) is 4.77. The molecular formula is C11H19NO3. The van der Waals surface area contributed by atoms with Crippen LogP contribution in [0.4, 0.5) is 0 Å². The van der Waals surface area contributed by atoms with Gasteiger partial charge in [0.05, 0.1) is 12.7 Å². The molecule has 1 saturated heterocycles. The molecule has 0 aromatic rings. The Kier molecular flexibility index (Phi) is 3.88. The Hall–Kier alpha value is -0.870. The molecule has 4 nitrogen and oxygen atoms in total. The predicted octanol–water partition coefficient (Wildman–Crippen LogP) is 0.561. The van der Waals surface area contributed by atoms with Crippen LogP contribution in [0.25, 0.3) is 0 Å². The van der Waals surface area contributed by atoms with E-state index in [0.29, 0.717) is 19.4 Å². The second-order valence-electron chi connectivity index (χ2n) is 4.21. The molecule has 1 aliphatic heterocycles. The fraction of sp³-hybridized carbons (Fsp3) is 0.727. The lowest BCUT2D eigenvalue weighted by atomic mass is 9.94. The summed E-state index contributed by atoms with van der Waals surface area (Å²) in [6.45, 7) is 4.14. The summed E-state index contributed by atoms with van der Waals surface area (Å²) >= 11 is 0. The first-order valence-electron chi connectivity index (χ1n) is 5.14. The summed E-state index contributed by atoms with van der Waals surface area (Å²) in [4.78, 5) is 13.2. The largest absolute Gasteiger partial charge is 0.468 e. The average molecular weight is 213 g/mol. The molecule has 86 valence electrons. The highest BCUT2D eigenvalue weighted by Gasteiger charge is 2.43. The van der Waals surface area contributed by atoms with Gasteiger partial charge in [-0.25, -0.2) is 0 Å². The second-order valence-corrected chi connectivity index (χ2v) is 4.21. The van der Waals surface area contributed by atoms with Crippen LogP contribution in [-0.4, -0.2) is 48.3 Å². The third-order valence-corrected chi connectivity index (χ3v) is 2.94. The molecule has 0 aromatic heterocycles. The molecule has 1 aliphatic rings. The molecule has 15 heavy (non-hydrogen) atoms. The molecule has 1 rings (SSSR count). The predicted molar refractivity (Wildman–Crippen MR) is 57.4 cm³/mol. The summed E-state index contributed by atoms with van der Waals surface area (Å²) in [7, 11) is 3.20. The van der Waals surface area contributed by atoms with Crippen molar-refractivity contribution in [1.82, 2.24) is 4.90 Å². The minimum atomic E-state index is -0.776. The number of carbonyl (C=O) groups is 1. The summed E-state index contributed by atoms with van der Waals surface area (Å²) in [6.07, 6.45) is 3.64. The van der Waals surface area contributed by atoms with E-state index in [4.69, 9.17) is 4.74 Å². The van der Waals surface area contributed by atoms with Gasteiger partial charge < -0.3 is 9.84 Å². The molecule has 2 atom stereocenters. The zero-order valence-electron chi connectivity index (χ0n) is 9.40. The van der Waals surface area contributed by atoms with Crippen LogP contribution in [0.3, 0.4) is 0 Å². The van der Waals surface area contributed by atoms with Gasteiger partial charge in [0, 0.05) is 13.0 Å². The van der Waals surface area contributed by atoms with Gasteiger partial charge in [-0.3, -0.25) is 9.69 Å². The highest BCUT2D eigenvalue weighted by atomic mass is 16.5. The molecule has 0 aromatic carbocycles. The van der Waals surface area contributed by atoms with Crippen LogP contribution >= 0.6 is 0 Å². The third kappa shape index (κ3) is 2.79. The van der Waals surface area contributed by atoms with Crippen molar-refractivity contribution in [3.63, 3.8) is 0 Å². The van der Waals surface area contributed by atoms with E-state index in [-0.39, 0.29) is 12.0 Å². The maximum absolute atomic E-state index is 11.4. The van der Waals surface area contributed by atoms with Crippen molar-refractivity contribution >= 4 is 5.97 Å². The molecule has 0 radical (unpaired) electrons. The number of nitrogens with zero attached hydrogens (tertiary/aromatic N) is 1. The number of aliphatic hydroxyl groups is 1. The number of carbonyl (C=O) groups excluding carboxylic acids is 1. The summed E-state index contributed by atoms with van der Waals surface area (Å²) in [5.41, 5.74) is -0.776. The number of hydrogen-bond donors (Lipinski definition) is 1.